The lowest BCUT2D eigenvalue weighted by Crippen LogP contribution is -2.11. The van der Waals surface area contributed by atoms with Crippen LogP contribution in [0.3, 0.4) is 0 Å². The average Bonchev–Trinajstić information content (AvgIpc) is 3.62. The van der Waals surface area contributed by atoms with Crippen LogP contribution in [0.15, 0.2) is 152 Å². The van der Waals surface area contributed by atoms with Crippen LogP contribution >= 0.6 is 22.7 Å². The molecule has 0 aliphatic rings. The van der Waals surface area contributed by atoms with E-state index in [-0.39, 0.29) is 0 Å². The summed E-state index contributed by atoms with van der Waals surface area (Å²) in [5.41, 5.74) is 5.88. The second kappa shape index (κ2) is 9.81. The molecule has 202 valence electrons. The summed E-state index contributed by atoms with van der Waals surface area (Å²) in [6, 6.07) is 55.5. The van der Waals surface area contributed by atoms with Gasteiger partial charge in [-0.25, -0.2) is 0 Å². The van der Waals surface area contributed by atoms with Crippen LogP contribution in [0.4, 0.5) is 17.1 Å². The van der Waals surface area contributed by atoms with Crippen molar-refractivity contribution in [2.24, 2.45) is 0 Å². The van der Waals surface area contributed by atoms with E-state index in [4.69, 9.17) is 0 Å². The van der Waals surface area contributed by atoms with Gasteiger partial charge in [0.25, 0.3) is 0 Å². The summed E-state index contributed by atoms with van der Waals surface area (Å²) >= 11 is 3.74. The Hall–Kier alpha value is -4.96. The van der Waals surface area contributed by atoms with Crippen molar-refractivity contribution >= 4 is 90.9 Å². The van der Waals surface area contributed by atoms with E-state index in [0.29, 0.717) is 0 Å². The summed E-state index contributed by atoms with van der Waals surface area (Å²) in [4.78, 5) is 2.43. The van der Waals surface area contributed by atoms with Crippen LogP contribution in [0.2, 0.25) is 0 Å². The molecule has 3 heteroatoms. The van der Waals surface area contributed by atoms with E-state index in [1.165, 1.54) is 62.2 Å². The molecule has 0 aliphatic carbocycles. The summed E-state index contributed by atoms with van der Waals surface area (Å²) in [7, 11) is 0. The largest absolute Gasteiger partial charge is 0.310 e. The van der Waals surface area contributed by atoms with Crippen molar-refractivity contribution in [3.05, 3.63) is 152 Å². The average molecular weight is 584 g/mol. The maximum absolute atomic E-state index is 2.43. The smallest absolute Gasteiger partial charge is 0.0540 e. The summed E-state index contributed by atoms with van der Waals surface area (Å²) in [6.07, 6.45) is 0. The summed E-state index contributed by atoms with van der Waals surface area (Å²) in [6.45, 7) is 0. The number of nitrogens with zero attached hydrogens (tertiary/aromatic N) is 1. The Bertz CT molecular complexity index is 2470. The lowest BCUT2D eigenvalue weighted by Gasteiger charge is -2.28. The fourth-order valence-electron chi connectivity index (χ4n) is 6.41. The molecule has 0 atom stereocenters. The van der Waals surface area contributed by atoms with Gasteiger partial charge in [0.2, 0.25) is 0 Å². The van der Waals surface area contributed by atoms with E-state index in [0.717, 1.165) is 17.1 Å². The van der Waals surface area contributed by atoms with Gasteiger partial charge in [0.1, 0.15) is 0 Å². The van der Waals surface area contributed by atoms with E-state index in [9.17, 15) is 0 Å². The second-order valence-corrected chi connectivity index (χ2v) is 13.1. The molecule has 0 spiro atoms. The lowest BCUT2D eigenvalue weighted by molar-refractivity contribution is 1.30. The molecule has 2 heterocycles. The van der Waals surface area contributed by atoms with E-state index in [1.807, 2.05) is 22.7 Å². The molecular formula is C40H25NS2. The Kier molecular flexibility index (Phi) is 5.62. The van der Waals surface area contributed by atoms with Gasteiger partial charge in [0, 0.05) is 57.3 Å². The number of rotatable bonds is 4. The standard InChI is InChI=1S/C40H25NS2/c1-2-10-26(11-3-1)31-12-4-7-15-36(31)41(30-20-21-34-32-13-5-8-16-37(32)43-40(34)25-30)29-19-18-27-24-39-35(23-28(27)22-29)33-14-6-9-17-38(33)42-39/h1-25H. The molecular weight excluding hydrogens is 559 g/mol. The Labute approximate surface area is 257 Å². The maximum atomic E-state index is 2.43. The van der Waals surface area contributed by atoms with Crippen molar-refractivity contribution in [3.8, 4) is 11.1 Å². The monoisotopic (exact) mass is 583 g/mol. The number of fused-ring (bicyclic) bond motifs is 7. The Morgan fingerprint density at radius 2 is 0.977 bits per heavy atom. The molecule has 7 aromatic carbocycles. The third kappa shape index (κ3) is 4.04. The van der Waals surface area contributed by atoms with E-state index in [1.54, 1.807) is 0 Å². The highest BCUT2D eigenvalue weighted by atomic mass is 32.1. The molecule has 2 aromatic heterocycles. The van der Waals surface area contributed by atoms with Gasteiger partial charge < -0.3 is 4.90 Å². The van der Waals surface area contributed by atoms with Crippen LogP contribution in [0.5, 0.6) is 0 Å². The minimum absolute atomic E-state index is 1.15. The Balaban J connectivity index is 1.29. The second-order valence-electron chi connectivity index (χ2n) is 11.0. The zero-order valence-corrected chi connectivity index (χ0v) is 24.8. The first-order valence-electron chi connectivity index (χ1n) is 14.5. The molecule has 0 N–H and O–H groups in total. The van der Waals surface area contributed by atoms with Crippen LogP contribution in [0, 0.1) is 0 Å². The van der Waals surface area contributed by atoms with Crippen molar-refractivity contribution in [1.82, 2.24) is 0 Å². The number of thiophene rings is 2. The van der Waals surface area contributed by atoms with Crippen molar-refractivity contribution in [3.63, 3.8) is 0 Å². The highest BCUT2D eigenvalue weighted by molar-refractivity contribution is 7.26. The minimum Gasteiger partial charge on any atom is -0.310 e. The van der Waals surface area contributed by atoms with Gasteiger partial charge in [-0.15, -0.1) is 22.7 Å². The number of hydrogen-bond acceptors (Lipinski definition) is 3. The molecule has 9 aromatic rings. The molecule has 0 amide bonds. The van der Waals surface area contributed by atoms with Gasteiger partial charge in [0.05, 0.1) is 5.69 Å². The highest BCUT2D eigenvalue weighted by Crippen LogP contribution is 2.45. The first-order chi connectivity index (χ1) is 21.3. The molecule has 0 aliphatic heterocycles. The van der Waals surface area contributed by atoms with E-state index >= 15 is 0 Å². The summed E-state index contributed by atoms with van der Waals surface area (Å²) in [5.74, 6) is 0. The van der Waals surface area contributed by atoms with Crippen LogP contribution in [-0.4, -0.2) is 0 Å². The number of hydrogen-bond donors (Lipinski definition) is 0. The first-order valence-corrected chi connectivity index (χ1v) is 16.1. The lowest BCUT2D eigenvalue weighted by atomic mass is 10.0. The fourth-order valence-corrected chi connectivity index (χ4v) is 8.68. The minimum atomic E-state index is 1.15. The summed E-state index contributed by atoms with van der Waals surface area (Å²) in [5, 5.41) is 7.80. The number of benzene rings is 7. The van der Waals surface area contributed by atoms with Gasteiger partial charge in [0.15, 0.2) is 0 Å². The molecule has 43 heavy (non-hydrogen) atoms. The quantitative estimate of drug-likeness (QED) is 0.199. The molecule has 0 saturated heterocycles. The van der Waals surface area contributed by atoms with Crippen LogP contribution in [0.25, 0.3) is 62.2 Å². The highest BCUT2D eigenvalue weighted by Gasteiger charge is 2.19. The van der Waals surface area contributed by atoms with Crippen LogP contribution in [-0.2, 0) is 0 Å². The normalized spacial score (nSPS) is 11.7. The molecule has 0 radical (unpaired) electrons. The molecule has 0 saturated carbocycles. The van der Waals surface area contributed by atoms with E-state index < -0.39 is 0 Å². The van der Waals surface area contributed by atoms with Gasteiger partial charge >= 0.3 is 0 Å². The van der Waals surface area contributed by atoms with Gasteiger partial charge in [-0.3, -0.25) is 0 Å². The number of anilines is 3. The van der Waals surface area contributed by atoms with Gasteiger partial charge in [-0.05, 0) is 70.9 Å². The topological polar surface area (TPSA) is 3.24 Å². The maximum Gasteiger partial charge on any atom is 0.0540 e. The van der Waals surface area contributed by atoms with E-state index in [2.05, 4.69) is 157 Å². The Morgan fingerprint density at radius 3 is 1.79 bits per heavy atom. The zero-order valence-electron chi connectivity index (χ0n) is 23.2. The molecule has 1 nitrogen and oxygen atoms in total. The van der Waals surface area contributed by atoms with Crippen molar-refractivity contribution in [2.45, 2.75) is 0 Å². The van der Waals surface area contributed by atoms with Crippen molar-refractivity contribution < 1.29 is 0 Å². The SMILES string of the molecule is c1ccc(-c2ccccc2N(c2ccc3cc4sc5ccccc5c4cc3c2)c2ccc3c(c2)sc2ccccc23)cc1. The molecule has 0 bridgehead atoms. The summed E-state index contributed by atoms with van der Waals surface area (Å²) < 4.78 is 5.29. The predicted molar refractivity (Wildman–Crippen MR) is 190 cm³/mol. The molecule has 0 unspecified atom stereocenters. The van der Waals surface area contributed by atoms with Crippen LogP contribution < -0.4 is 4.90 Å². The number of para-hydroxylation sites is 1. The van der Waals surface area contributed by atoms with Crippen molar-refractivity contribution in [2.75, 3.05) is 4.90 Å². The predicted octanol–water partition coefficient (Wildman–Crippen LogP) is 12.7. The third-order valence-corrected chi connectivity index (χ3v) is 10.7. The fraction of sp³-hybridized carbons (Fsp3) is 0. The van der Waals surface area contributed by atoms with Crippen molar-refractivity contribution in [1.29, 1.82) is 0 Å². The molecule has 9 rings (SSSR count). The van der Waals surface area contributed by atoms with Gasteiger partial charge in [-0.2, -0.15) is 0 Å². The zero-order chi connectivity index (χ0) is 28.3. The van der Waals surface area contributed by atoms with Crippen LogP contribution in [0.1, 0.15) is 0 Å². The Morgan fingerprint density at radius 1 is 0.372 bits per heavy atom. The first kappa shape index (κ1) is 24.6. The van der Waals surface area contributed by atoms with Gasteiger partial charge in [-0.1, -0.05) is 97.1 Å². The third-order valence-electron chi connectivity index (χ3n) is 8.43. The molecule has 0 fully saturated rings.